The molecule has 4 fully saturated rings. The summed E-state index contributed by atoms with van der Waals surface area (Å²) in [5, 5.41) is 9.30. The average Bonchev–Trinajstić information content (AvgIpc) is 3.16. The summed E-state index contributed by atoms with van der Waals surface area (Å²) in [4.78, 5) is 0. The Kier molecular flexibility index (Phi) is 10.4. The highest BCUT2D eigenvalue weighted by Crippen LogP contribution is 2.69. The Morgan fingerprint density at radius 3 is 2.16 bits per heavy atom. The predicted molar refractivity (Wildman–Crippen MR) is 137 cm³/mol. The zero-order valence-corrected chi connectivity index (χ0v) is 22.7. The lowest BCUT2D eigenvalue weighted by Gasteiger charge is -2.63. The van der Waals surface area contributed by atoms with Gasteiger partial charge in [0, 0.05) is 6.61 Å². The highest BCUT2D eigenvalue weighted by molar-refractivity contribution is 5.10. The van der Waals surface area contributed by atoms with Crippen LogP contribution in [0.2, 0.25) is 0 Å². The lowest BCUT2D eigenvalue weighted by Crippen LogP contribution is -2.55. The molecule has 4 rings (SSSR count). The number of aliphatic hydroxyl groups excluding tert-OH is 1. The van der Waals surface area contributed by atoms with Gasteiger partial charge in [-0.3, -0.25) is 0 Å². The van der Waals surface area contributed by atoms with Crippen LogP contribution < -0.4 is 0 Å². The molecule has 0 amide bonds. The van der Waals surface area contributed by atoms with Gasteiger partial charge in [-0.15, -0.1) is 0 Å². The Morgan fingerprint density at radius 1 is 0.839 bits per heavy atom. The Balaban J connectivity index is 0.000000807. The minimum atomic E-state index is 0.375. The quantitative estimate of drug-likeness (QED) is 0.457. The van der Waals surface area contributed by atoms with Gasteiger partial charge in [0.15, 0.2) is 0 Å². The summed E-state index contributed by atoms with van der Waals surface area (Å²) in [7, 11) is 0. The third-order valence-corrected chi connectivity index (χ3v) is 10.9. The second-order valence-electron chi connectivity index (χ2n) is 11.7. The van der Waals surface area contributed by atoms with Crippen molar-refractivity contribution in [1.82, 2.24) is 0 Å². The standard InChI is InChI=1S/C26H46O.2C2H6/c1-5-19-17-20-23-12-11-21(18(2)9-8-16-27)26(23,4)15-13-24(20)25(3)14-7-6-10-22(19)25;2*1-2/h18-24,27H,5-17H2,1-4H3;2*1-2H3/t18-,19?,20?,21?,22?,23?,24?,25?,26?;;/m1../s1. The molecule has 4 saturated carbocycles. The van der Waals surface area contributed by atoms with E-state index in [1.165, 1.54) is 64.2 Å². The Bertz CT molecular complexity index is 515. The molecule has 0 aromatic carbocycles. The summed E-state index contributed by atoms with van der Waals surface area (Å²) in [5.41, 5.74) is 1.25. The van der Waals surface area contributed by atoms with Crippen LogP contribution in [-0.4, -0.2) is 11.7 Å². The fraction of sp³-hybridized carbons (Fsp3) is 1.00. The average molecular weight is 435 g/mol. The van der Waals surface area contributed by atoms with Crippen molar-refractivity contribution < 1.29 is 5.11 Å². The van der Waals surface area contributed by atoms with Crippen molar-refractivity contribution in [2.45, 2.75) is 132 Å². The van der Waals surface area contributed by atoms with Crippen LogP contribution in [0.15, 0.2) is 0 Å². The van der Waals surface area contributed by atoms with Gasteiger partial charge in [-0.1, -0.05) is 74.7 Å². The molecular weight excluding hydrogens is 376 g/mol. The van der Waals surface area contributed by atoms with Crippen molar-refractivity contribution >= 4 is 0 Å². The molecule has 0 aliphatic heterocycles. The largest absolute Gasteiger partial charge is 0.396 e. The molecule has 184 valence electrons. The van der Waals surface area contributed by atoms with E-state index in [4.69, 9.17) is 0 Å². The first-order valence-electron chi connectivity index (χ1n) is 14.6. The summed E-state index contributed by atoms with van der Waals surface area (Å²) in [5.74, 6) is 6.77. The maximum Gasteiger partial charge on any atom is 0.0431 e. The SMILES string of the molecule is CC.CC.CCC1CC2C(CCC3(C)C2CCC3[C@H](C)CCCO)C2(C)CCCCC12. The molecule has 0 aromatic rings. The molecule has 0 spiro atoms. The van der Waals surface area contributed by atoms with E-state index >= 15 is 0 Å². The second kappa shape index (κ2) is 11.9. The summed E-state index contributed by atoms with van der Waals surface area (Å²) in [6.45, 7) is 18.8. The van der Waals surface area contributed by atoms with Crippen LogP contribution in [0.4, 0.5) is 0 Å². The third kappa shape index (κ3) is 4.93. The van der Waals surface area contributed by atoms with E-state index < -0.39 is 0 Å². The van der Waals surface area contributed by atoms with Crippen LogP contribution >= 0.6 is 0 Å². The maximum absolute atomic E-state index is 9.30. The summed E-state index contributed by atoms with van der Waals surface area (Å²) in [6, 6.07) is 0. The van der Waals surface area contributed by atoms with E-state index in [0.29, 0.717) is 17.4 Å². The molecule has 9 atom stereocenters. The van der Waals surface area contributed by atoms with Gasteiger partial charge in [0.2, 0.25) is 0 Å². The molecule has 0 saturated heterocycles. The summed E-state index contributed by atoms with van der Waals surface area (Å²) in [6.07, 6.45) is 17.2. The van der Waals surface area contributed by atoms with E-state index in [9.17, 15) is 5.11 Å². The normalized spacial score (nSPS) is 44.4. The summed E-state index contributed by atoms with van der Waals surface area (Å²) < 4.78 is 0. The van der Waals surface area contributed by atoms with Crippen LogP contribution in [0.3, 0.4) is 0 Å². The number of rotatable bonds is 5. The first-order valence-corrected chi connectivity index (χ1v) is 14.6. The van der Waals surface area contributed by atoms with Gasteiger partial charge in [0.05, 0.1) is 0 Å². The number of aliphatic hydroxyl groups is 1. The molecule has 0 bridgehead atoms. The van der Waals surface area contributed by atoms with Crippen molar-refractivity contribution in [2.75, 3.05) is 6.61 Å². The van der Waals surface area contributed by atoms with Crippen LogP contribution in [-0.2, 0) is 0 Å². The third-order valence-electron chi connectivity index (χ3n) is 10.9. The van der Waals surface area contributed by atoms with Crippen molar-refractivity contribution in [1.29, 1.82) is 0 Å². The minimum Gasteiger partial charge on any atom is -0.396 e. The molecule has 1 N–H and O–H groups in total. The van der Waals surface area contributed by atoms with Crippen molar-refractivity contribution in [3.05, 3.63) is 0 Å². The number of hydrogen-bond acceptors (Lipinski definition) is 1. The van der Waals surface area contributed by atoms with E-state index in [1.807, 2.05) is 27.7 Å². The fourth-order valence-corrected chi connectivity index (χ4v) is 9.61. The Labute approximate surface area is 196 Å². The van der Waals surface area contributed by atoms with Crippen LogP contribution in [0.25, 0.3) is 0 Å². The Morgan fingerprint density at radius 2 is 1.52 bits per heavy atom. The van der Waals surface area contributed by atoms with Gasteiger partial charge in [-0.05, 0) is 110 Å². The first-order chi connectivity index (χ1) is 15.0. The lowest BCUT2D eigenvalue weighted by molar-refractivity contribution is -0.138. The molecular formula is C30H58O. The Hall–Kier alpha value is -0.0400. The van der Waals surface area contributed by atoms with E-state index in [1.54, 1.807) is 6.42 Å². The molecule has 0 aromatic heterocycles. The maximum atomic E-state index is 9.30. The zero-order chi connectivity index (χ0) is 23.2. The highest BCUT2D eigenvalue weighted by Gasteiger charge is 2.61. The smallest absolute Gasteiger partial charge is 0.0431 e. The van der Waals surface area contributed by atoms with Gasteiger partial charge >= 0.3 is 0 Å². The molecule has 4 aliphatic carbocycles. The topological polar surface area (TPSA) is 20.2 Å². The van der Waals surface area contributed by atoms with Crippen LogP contribution in [0, 0.1) is 52.3 Å². The van der Waals surface area contributed by atoms with Gasteiger partial charge < -0.3 is 5.11 Å². The molecule has 0 heterocycles. The lowest BCUT2D eigenvalue weighted by atomic mass is 9.42. The van der Waals surface area contributed by atoms with Gasteiger partial charge in [-0.25, -0.2) is 0 Å². The monoisotopic (exact) mass is 434 g/mol. The van der Waals surface area contributed by atoms with Gasteiger partial charge in [0.25, 0.3) is 0 Å². The van der Waals surface area contributed by atoms with E-state index in [0.717, 1.165) is 47.8 Å². The van der Waals surface area contributed by atoms with Crippen molar-refractivity contribution in [3.63, 3.8) is 0 Å². The van der Waals surface area contributed by atoms with Crippen molar-refractivity contribution in [3.8, 4) is 0 Å². The minimum absolute atomic E-state index is 0.375. The van der Waals surface area contributed by atoms with Crippen LogP contribution in [0.5, 0.6) is 0 Å². The number of fused-ring (bicyclic) bond motifs is 5. The zero-order valence-electron chi connectivity index (χ0n) is 22.7. The summed E-state index contributed by atoms with van der Waals surface area (Å²) >= 11 is 0. The molecule has 1 nitrogen and oxygen atoms in total. The van der Waals surface area contributed by atoms with E-state index in [2.05, 4.69) is 27.7 Å². The molecule has 0 radical (unpaired) electrons. The van der Waals surface area contributed by atoms with Crippen molar-refractivity contribution in [2.24, 2.45) is 52.3 Å². The highest BCUT2D eigenvalue weighted by atomic mass is 16.2. The second-order valence-corrected chi connectivity index (χ2v) is 11.7. The van der Waals surface area contributed by atoms with Gasteiger partial charge in [0.1, 0.15) is 0 Å². The molecule has 4 aliphatic rings. The van der Waals surface area contributed by atoms with Gasteiger partial charge in [-0.2, -0.15) is 0 Å². The van der Waals surface area contributed by atoms with E-state index in [-0.39, 0.29) is 0 Å². The predicted octanol–water partition coefficient (Wildman–Crippen LogP) is 9.13. The number of hydrogen-bond donors (Lipinski definition) is 1. The fourth-order valence-electron chi connectivity index (χ4n) is 9.61. The first kappa shape index (κ1) is 27.2. The molecule has 1 heteroatoms. The molecule has 31 heavy (non-hydrogen) atoms. The van der Waals surface area contributed by atoms with Crippen LogP contribution in [0.1, 0.15) is 132 Å². The molecule has 8 unspecified atom stereocenters.